The largest absolute Gasteiger partial charge is 0.740 e. The van der Waals surface area contributed by atoms with Crippen LogP contribution in [0.5, 0.6) is 5.75 Å². The molecule has 5 nitrogen and oxygen atoms in total. The fourth-order valence-electron chi connectivity index (χ4n) is 2.67. The van der Waals surface area contributed by atoms with E-state index in [4.69, 9.17) is 17.4 Å². The average Bonchev–Trinajstić information content (AvgIpc) is 2.93. The number of nitrogens with zero attached hydrogens (tertiary/aromatic N) is 3. The molecule has 3 aromatic rings. The lowest BCUT2D eigenvalue weighted by Gasteiger charge is -2.14. The molecule has 1 aromatic heterocycles. The zero-order valence-corrected chi connectivity index (χ0v) is 16.7. The van der Waals surface area contributed by atoms with Crippen LogP contribution in [0, 0.1) is 0 Å². The van der Waals surface area contributed by atoms with Crippen LogP contribution in [-0.2, 0) is 25.8 Å². The van der Waals surface area contributed by atoms with E-state index in [-0.39, 0.29) is 0 Å². The summed E-state index contributed by atoms with van der Waals surface area (Å²) in [4.78, 5) is 1.42. The van der Waals surface area contributed by atoms with Crippen LogP contribution in [0.3, 0.4) is 0 Å². The predicted molar refractivity (Wildman–Crippen MR) is 104 cm³/mol. The topological polar surface area (TPSA) is 44.4 Å². The molecule has 0 saturated heterocycles. The van der Waals surface area contributed by atoms with Gasteiger partial charge in [-0.1, -0.05) is 28.1 Å². The Balaban J connectivity index is 1.68. The molecule has 0 aliphatic heterocycles. The predicted octanol–water partition coefficient (Wildman–Crippen LogP) is 2.21. The second-order valence-electron chi connectivity index (χ2n) is 6.30. The van der Waals surface area contributed by atoms with Gasteiger partial charge in [-0.2, -0.15) is 5.10 Å². The molecule has 1 heterocycles. The van der Waals surface area contributed by atoms with Gasteiger partial charge in [-0.3, -0.25) is 0 Å². The van der Waals surface area contributed by atoms with Crippen LogP contribution in [0.15, 0.2) is 46.0 Å². The second-order valence-corrected chi connectivity index (χ2v) is 7.58. The van der Waals surface area contributed by atoms with Gasteiger partial charge in [-0.15, -0.1) is 5.10 Å². The molecular weight excluding hydrogens is 400 g/mol. The Hall–Kier alpha value is -1.70. The number of nitrogens with one attached hydrogen (secondary N) is 1. The van der Waals surface area contributed by atoms with Crippen molar-refractivity contribution in [1.29, 1.82) is 0 Å². The third kappa shape index (κ3) is 4.68. The van der Waals surface area contributed by atoms with E-state index in [0.717, 1.165) is 40.9 Å². The number of fused-ring (bicyclic) bond motifs is 1. The molecule has 132 valence electrons. The molecule has 25 heavy (non-hydrogen) atoms. The van der Waals surface area contributed by atoms with Gasteiger partial charge in [0.25, 0.3) is 0 Å². The molecule has 0 atom stereocenters. The van der Waals surface area contributed by atoms with Gasteiger partial charge >= 0.3 is 0 Å². The Morgan fingerprint density at radius 2 is 1.88 bits per heavy atom. The van der Waals surface area contributed by atoms with Gasteiger partial charge in [0.05, 0.1) is 20.6 Å². The number of ether oxygens (including phenoxy) is 1. The van der Waals surface area contributed by atoms with E-state index in [1.54, 1.807) is 0 Å². The fraction of sp³-hybridized carbons (Fsp3) is 0.333. The quantitative estimate of drug-likeness (QED) is 0.595. The van der Waals surface area contributed by atoms with E-state index >= 15 is 0 Å². The molecule has 0 saturated carbocycles. The maximum atomic E-state index is 5.93. The van der Waals surface area contributed by atoms with Gasteiger partial charge < -0.3 is 26.8 Å². The Morgan fingerprint density at radius 1 is 1.12 bits per heavy atom. The van der Waals surface area contributed by atoms with Crippen LogP contribution in [0.2, 0.25) is 0 Å². The first kappa shape index (κ1) is 18.1. The van der Waals surface area contributed by atoms with Crippen molar-refractivity contribution in [3.8, 4) is 5.75 Å². The van der Waals surface area contributed by atoms with Crippen molar-refractivity contribution in [3.63, 3.8) is 0 Å². The van der Waals surface area contributed by atoms with E-state index in [2.05, 4.69) is 58.4 Å². The van der Waals surface area contributed by atoms with E-state index < -0.39 is 0 Å². The van der Waals surface area contributed by atoms with Crippen molar-refractivity contribution in [3.05, 3.63) is 46.7 Å². The minimum Gasteiger partial charge on any atom is -0.740 e. The lowest BCUT2D eigenvalue weighted by atomic mass is 10.1. The molecule has 0 bridgehead atoms. The van der Waals surface area contributed by atoms with Crippen molar-refractivity contribution >= 4 is 39.3 Å². The monoisotopic (exact) mass is 420 g/mol. The normalized spacial score (nSPS) is 11.4. The number of quaternary nitrogens is 1. The third-order valence-corrected chi connectivity index (χ3v) is 4.79. The Labute approximate surface area is 161 Å². The Kier molecular flexibility index (Phi) is 5.88. The van der Waals surface area contributed by atoms with E-state index in [9.17, 15) is 0 Å². The SMILES string of the molecule is C[NH+](C)CCCn1c([S-])nnc1COc1ccc2cc(Br)ccc2c1. The maximum absolute atomic E-state index is 5.93. The van der Waals surface area contributed by atoms with Gasteiger partial charge in [0.15, 0.2) is 5.82 Å². The highest BCUT2D eigenvalue weighted by Gasteiger charge is 2.08. The molecule has 0 aliphatic rings. The Morgan fingerprint density at radius 3 is 2.68 bits per heavy atom. The second kappa shape index (κ2) is 8.12. The lowest BCUT2D eigenvalue weighted by Crippen LogP contribution is -3.05. The van der Waals surface area contributed by atoms with Gasteiger partial charge in [-0.05, 0) is 35.0 Å². The van der Waals surface area contributed by atoms with Gasteiger partial charge in [-0.25, -0.2) is 0 Å². The number of benzene rings is 2. The molecule has 0 radical (unpaired) electrons. The number of halogens is 1. The van der Waals surface area contributed by atoms with Gasteiger partial charge in [0, 0.05) is 22.6 Å². The summed E-state index contributed by atoms with van der Waals surface area (Å²) in [5.74, 6) is 1.59. The first-order valence-electron chi connectivity index (χ1n) is 8.23. The van der Waals surface area contributed by atoms with Crippen molar-refractivity contribution in [2.24, 2.45) is 0 Å². The van der Waals surface area contributed by atoms with Crippen LogP contribution in [0.1, 0.15) is 12.2 Å². The molecule has 0 aliphatic carbocycles. The summed E-state index contributed by atoms with van der Waals surface area (Å²) in [6.07, 6.45) is 1.03. The number of aromatic nitrogens is 3. The van der Waals surface area contributed by atoms with Crippen molar-refractivity contribution in [2.75, 3.05) is 20.6 Å². The van der Waals surface area contributed by atoms with E-state index in [1.165, 1.54) is 10.3 Å². The van der Waals surface area contributed by atoms with Gasteiger partial charge in [0.1, 0.15) is 12.4 Å². The highest BCUT2D eigenvalue weighted by Crippen LogP contribution is 2.24. The summed E-state index contributed by atoms with van der Waals surface area (Å²) >= 11 is 8.77. The number of hydrogen-bond donors (Lipinski definition) is 1. The van der Waals surface area contributed by atoms with E-state index in [1.807, 2.05) is 22.8 Å². The molecule has 0 amide bonds. The summed E-state index contributed by atoms with van der Waals surface area (Å²) in [6.45, 7) is 2.26. The maximum Gasteiger partial charge on any atom is 0.169 e. The minimum atomic E-state index is 0.362. The van der Waals surface area contributed by atoms with Crippen LogP contribution in [0.25, 0.3) is 10.8 Å². The Bertz CT molecular complexity index is 865. The molecule has 1 N–H and O–H groups in total. The summed E-state index contributed by atoms with van der Waals surface area (Å²) in [7, 11) is 4.28. The molecule has 0 unspecified atom stereocenters. The van der Waals surface area contributed by atoms with Crippen LogP contribution in [-0.4, -0.2) is 35.4 Å². The van der Waals surface area contributed by atoms with Crippen LogP contribution >= 0.6 is 15.9 Å². The lowest BCUT2D eigenvalue weighted by molar-refractivity contribution is -0.858. The standard InChI is InChI=1S/C18H21BrN4OS/c1-22(2)8-3-9-23-17(20-21-18(23)25)12-24-16-7-5-13-10-15(19)6-4-14(13)11-16/h4-7,10-11H,3,8-9,12H2,1-2H3,(H,21,25). The molecule has 0 spiro atoms. The van der Waals surface area contributed by atoms with E-state index in [0.29, 0.717) is 11.8 Å². The zero-order valence-electron chi connectivity index (χ0n) is 14.3. The van der Waals surface area contributed by atoms with Crippen LogP contribution in [0.4, 0.5) is 0 Å². The fourth-order valence-corrected chi connectivity index (χ4v) is 3.29. The van der Waals surface area contributed by atoms with Crippen molar-refractivity contribution in [2.45, 2.75) is 24.7 Å². The molecule has 3 rings (SSSR count). The smallest absolute Gasteiger partial charge is 0.169 e. The molecular formula is C18H21BrN4OS. The summed E-state index contributed by atoms with van der Waals surface area (Å²) in [6, 6.07) is 12.2. The molecule has 0 fully saturated rings. The van der Waals surface area contributed by atoms with Crippen LogP contribution < -0.4 is 9.64 Å². The highest BCUT2D eigenvalue weighted by atomic mass is 79.9. The molecule has 7 heteroatoms. The van der Waals surface area contributed by atoms with Crippen molar-refractivity contribution < 1.29 is 9.64 Å². The summed E-state index contributed by atoms with van der Waals surface area (Å²) in [5.41, 5.74) is 0. The van der Waals surface area contributed by atoms with Crippen molar-refractivity contribution in [1.82, 2.24) is 14.8 Å². The third-order valence-electron chi connectivity index (χ3n) is 3.99. The molecule has 2 aromatic carbocycles. The first-order chi connectivity index (χ1) is 12.0. The first-order valence-corrected chi connectivity index (χ1v) is 9.43. The summed E-state index contributed by atoms with van der Waals surface area (Å²) in [5, 5.41) is 11.0. The number of hydrogen-bond acceptors (Lipinski definition) is 4. The highest BCUT2D eigenvalue weighted by molar-refractivity contribution is 9.10. The number of rotatable bonds is 7. The summed E-state index contributed by atoms with van der Waals surface area (Å²) < 4.78 is 8.96. The van der Waals surface area contributed by atoms with Gasteiger partial charge in [0.2, 0.25) is 0 Å². The zero-order chi connectivity index (χ0) is 17.8. The average molecular weight is 421 g/mol. The minimum absolute atomic E-state index is 0.362.